The van der Waals surface area contributed by atoms with Gasteiger partial charge < -0.3 is 5.32 Å². The Morgan fingerprint density at radius 3 is 2.48 bits per heavy atom. The second-order valence-corrected chi connectivity index (χ2v) is 7.00. The lowest BCUT2D eigenvalue weighted by molar-refractivity contribution is -0.141. The van der Waals surface area contributed by atoms with Crippen LogP contribution in [0.5, 0.6) is 0 Å². The Bertz CT molecular complexity index is 806. The van der Waals surface area contributed by atoms with Crippen LogP contribution in [0.4, 0.5) is 5.82 Å². The average molecular weight is 338 g/mol. The van der Waals surface area contributed by atoms with Crippen LogP contribution >= 0.6 is 0 Å². The first-order valence-electron chi connectivity index (χ1n) is 8.95. The molecule has 130 valence electrons. The molecule has 1 aromatic heterocycles. The summed E-state index contributed by atoms with van der Waals surface area (Å²) in [4.78, 5) is 34.1. The molecule has 0 radical (unpaired) electrons. The number of likely N-dealkylation sites (tertiary alicyclic amines) is 1. The number of carbonyl (C=O) groups is 2. The minimum Gasteiger partial charge on any atom is -0.367 e. The fourth-order valence-corrected chi connectivity index (χ4v) is 4.06. The number of fused-ring (bicyclic) bond motifs is 1. The topological polar surface area (TPSA) is 75.2 Å². The van der Waals surface area contributed by atoms with E-state index in [9.17, 15) is 9.59 Å². The van der Waals surface area contributed by atoms with Gasteiger partial charge in [0, 0.05) is 30.3 Å². The van der Waals surface area contributed by atoms with E-state index in [1.54, 1.807) is 6.33 Å². The Morgan fingerprint density at radius 2 is 1.76 bits per heavy atom. The van der Waals surface area contributed by atoms with Crippen molar-refractivity contribution in [2.75, 3.05) is 5.32 Å². The summed E-state index contributed by atoms with van der Waals surface area (Å²) in [5, 5.41) is 4.63. The summed E-state index contributed by atoms with van der Waals surface area (Å²) in [6.07, 6.45) is 5.93. The highest BCUT2D eigenvalue weighted by atomic mass is 16.2. The predicted molar refractivity (Wildman–Crippen MR) is 95.0 cm³/mol. The molecule has 2 aliphatic rings. The zero-order chi connectivity index (χ0) is 17.4. The summed E-state index contributed by atoms with van der Waals surface area (Å²) < 4.78 is 0. The van der Waals surface area contributed by atoms with Gasteiger partial charge in [0.25, 0.3) is 0 Å². The number of aromatic nitrogens is 2. The maximum absolute atomic E-state index is 11.9. The number of carbonyl (C=O) groups excluding carboxylic acids is 2. The van der Waals surface area contributed by atoms with Crippen LogP contribution in [0.2, 0.25) is 0 Å². The van der Waals surface area contributed by atoms with Crippen LogP contribution < -0.4 is 5.32 Å². The van der Waals surface area contributed by atoms with Crippen LogP contribution in [0.25, 0.3) is 10.9 Å². The number of aryl methyl sites for hydroxylation is 1. The third-order valence-electron chi connectivity index (χ3n) is 5.36. The molecule has 25 heavy (non-hydrogen) atoms. The van der Waals surface area contributed by atoms with Crippen LogP contribution in [0.3, 0.4) is 0 Å². The fraction of sp³-hybridized carbons (Fsp3) is 0.474. The van der Waals surface area contributed by atoms with Crippen molar-refractivity contribution in [2.24, 2.45) is 0 Å². The van der Waals surface area contributed by atoms with Crippen LogP contribution in [-0.4, -0.2) is 38.8 Å². The summed E-state index contributed by atoms with van der Waals surface area (Å²) in [5.41, 5.74) is 2.10. The summed E-state index contributed by atoms with van der Waals surface area (Å²) in [6.45, 7) is 2.07. The number of imide groups is 1. The smallest absolute Gasteiger partial charge is 0.229 e. The molecule has 1 aliphatic carbocycles. The second kappa shape index (κ2) is 6.43. The highest BCUT2D eigenvalue weighted by Crippen LogP contribution is 2.30. The quantitative estimate of drug-likeness (QED) is 0.871. The highest BCUT2D eigenvalue weighted by Gasteiger charge is 2.36. The van der Waals surface area contributed by atoms with E-state index >= 15 is 0 Å². The zero-order valence-electron chi connectivity index (χ0n) is 14.4. The molecule has 1 aromatic carbocycles. The Morgan fingerprint density at radius 1 is 1.04 bits per heavy atom. The molecule has 2 heterocycles. The fourth-order valence-electron chi connectivity index (χ4n) is 4.06. The van der Waals surface area contributed by atoms with E-state index in [4.69, 9.17) is 0 Å². The van der Waals surface area contributed by atoms with Gasteiger partial charge in [-0.05, 0) is 44.2 Å². The minimum absolute atomic E-state index is 0.00108. The van der Waals surface area contributed by atoms with E-state index in [1.165, 1.54) is 4.90 Å². The molecular formula is C19H22N4O2. The Labute approximate surface area is 146 Å². The monoisotopic (exact) mass is 338 g/mol. The third-order valence-corrected chi connectivity index (χ3v) is 5.36. The lowest BCUT2D eigenvalue weighted by Crippen LogP contribution is -2.43. The van der Waals surface area contributed by atoms with Crippen LogP contribution in [0.1, 0.15) is 44.1 Å². The average Bonchev–Trinajstić information content (AvgIpc) is 2.95. The van der Waals surface area contributed by atoms with E-state index in [0.29, 0.717) is 18.9 Å². The van der Waals surface area contributed by atoms with E-state index < -0.39 is 0 Å². The molecule has 4 rings (SSSR count). The van der Waals surface area contributed by atoms with Crippen molar-refractivity contribution in [3.63, 3.8) is 0 Å². The number of nitrogens with one attached hydrogen (secondary N) is 1. The third kappa shape index (κ3) is 2.97. The summed E-state index contributed by atoms with van der Waals surface area (Å²) in [7, 11) is 0. The Balaban J connectivity index is 1.46. The van der Waals surface area contributed by atoms with Crippen molar-refractivity contribution in [3.8, 4) is 0 Å². The van der Waals surface area contributed by atoms with Crippen LogP contribution in [0, 0.1) is 6.92 Å². The van der Waals surface area contributed by atoms with Gasteiger partial charge in [-0.3, -0.25) is 14.5 Å². The van der Waals surface area contributed by atoms with E-state index in [2.05, 4.69) is 28.3 Å². The molecule has 2 amide bonds. The lowest BCUT2D eigenvalue weighted by atomic mass is 9.90. The molecule has 1 N–H and O–H groups in total. The highest BCUT2D eigenvalue weighted by molar-refractivity contribution is 6.02. The van der Waals surface area contributed by atoms with Gasteiger partial charge in [0.05, 0.1) is 5.52 Å². The van der Waals surface area contributed by atoms with Crippen molar-refractivity contribution in [1.29, 1.82) is 0 Å². The van der Waals surface area contributed by atoms with Crippen LogP contribution in [-0.2, 0) is 9.59 Å². The number of hydrogen-bond acceptors (Lipinski definition) is 5. The zero-order valence-corrected chi connectivity index (χ0v) is 14.4. The van der Waals surface area contributed by atoms with Gasteiger partial charge in [-0.25, -0.2) is 9.97 Å². The summed E-state index contributed by atoms with van der Waals surface area (Å²) in [6, 6.07) is 6.45. The van der Waals surface area contributed by atoms with Crippen LogP contribution in [0.15, 0.2) is 24.5 Å². The van der Waals surface area contributed by atoms with Crippen molar-refractivity contribution in [1.82, 2.24) is 14.9 Å². The van der Waals surface area contributed by atoms with Gasteiger partial charge in [-0.15, -0.1) is 0 Å². The number of anilines is 1. The molecule has 2 aromatic rings. The largest absolute Gasteiger partial charge is 0.367 e. The van der Waals surface area contributed by atoms with E-state index in [-0.39, 0.29) is 17.9 Å². The van der Waals surface area contributed by atoms with E-state index in [1.807, 2.05) is 12.1 Å². The number of benzene rings is 1. The summed E-state index contributed by atoms with van der Waals surface area (Å²) >= 11 is 0. The normalized spacial score (nSPS) is 24.1. The standard InChI is InChI=1S/C19H22N4O2/c1-12-3-2-4-15-18(12)19(21-11-20-15)22-13-5-7-14(8-6-13)23-16(24)9-10-17(23)25/h2-4,11,13-14H,5-10H2,1H3,(H,20,21,22). The van der Waals surface area contributed by atoms with E-state index in [0.717, 1.165) is 48.0 Å². The van der Waals surface area contributed by atoms with Crippen molar-refractivity contribution >= 4 is 28.5 Å². The second-order valence-electron chi connectivity index (χ2n) is 7.00. The van der Waals surface area contributed by atoms with Gasteiger partial charge in [-0.2, -0.15) is 0 Å². The first-order chi connectivity index (χ1) is 12.1. The number of hydrogen-bond donors (Lipinski definition) is 1. The minimum atomic E-state index is -0.00108. The number of nitrogens with zero attached hydrogens (tertiary/aromatic N) is 3. The number of amides is 2. The first-order valence-corrected chi connectivity index (χ1v) is 8.95. The van der Waals surface area contributed by atoms with Crippen molar-refractivity contribution in [2.45, 2.75) is 57.5 Å². The lowest BCUT2D eigenvalue weighted by Gasteiger charge is -2.34. The molecule has 1 saturated heterocycles. The van der Waals surface area contributed by atoms with Gasteiger partial charge in [0.2, 0.25) is 11.8 Å². The molecule has 6 nitrogen and oxygen atoms in total. The first kappa shape index (κ1) is 16.0. The Kier molecular flexibility index (Phi) is 4.11. The molecule has 0 atom stereocenters. The molecule has 0 bridgehead atoms. The number of rotatable bonds is 3. The maximum atomic E-state index is 11.9. The molecule has 2 fully saturated rings. The SMILES string of the molecule is Cc1cccc2ncnc(NC3CCC(N4C(=O)CCC4=O)CC3)c12. The van der Waals surface area contributed by atoms with Crippen molar-refractivity contribution in [3.05, 3.63) is 30.1 Å². The van der Waals surface area contributed by atoms with Gasteiger partial charge in [0.15, 0.2) is 0 Å². The van der Waals surface area contributed by atoms with Crippen molar-refractivity contribution < 1.29 is 9.59 Å². The maximum Gasteiger partial charge on any atom is 0.229 e. The molecule has 1 aliphatic heterocycles. The van der Waals surface area contributed by atoms with Gasteiger partial charge >= 0.3 is 0 Å². The van der Waals surface area contributed by atoms with Gasteiger partial charge in [-0.1, -0.05) is 12.1 Å². The van der Waals surface area contributed by atoms with Gasteiger partial charge in [0.1, 0.15) is 12.1 Å². The molecule has 0 spiro atoms. The predicted octanol–water partition coefficient (Wildman–Crippen LogP) is 2.81. The molecular weight excluding hydrogens is 316 g/mol. The summed E-state index contributed by atoms with van der Waals surface area (Å²) in [5.74, 6) is 0.873. The molecule has 1 saturated carbocycles. The molecule has 0 unspecified atom stereocenters. The Hall–Kier alpha value is -2.50. The molecule has 6 heteroatoms.